The smallest absolute Gasteiger partial charge is 0.252 e. The van der Waals surface area contributed by atoms with Crippen molar-refractivity contribution < 1.29 is 18.3 Å². The Kier molecular flexibility index (Phi) is 6.30. The highest BCUT2D eigenvalue weighted by atomic mass is 32.2. The molecule has 1 N–H and O–H groups in total. The lowest BCUT2D eigenvalue weighted by atomic mass is 9.98. The second-order valence-electron chi connectivity index (χ2n) is 9.92. The quantitative estimate of drug-likeness (QED) is 0.670. The molecule has 5 rings (SSSR count). The van der Waals surface area contributed by atoms with E-state index in [0.29, 0.717) is 36.1 Å². The van der Waals surface area contributed by atoms with Gasteiger partial charge < -0.3 is 14.7 Å². The van der Waals surface area contributed by atoms with E-state index in [-0.39, 0.29) is 6.04 Å². The summed E-state index contributed by atoms with van der Waals surface area (Å²) < 4.78 is 34.6. The van der Waals surface area contributed by atoms with E-state index >= 15 is 0 Å². The van der Waals surface area contributed by atoms with Crippen molar-refractivity contribution >= 4 is 27.0 Å². The Bertz CT molecular complexity index is 1040. The van der Waals surface area contributed by atoms with Crippen molar-refractivity contribution in [1.29, 1.82) is 0 Å². The molecule has 0 radical (unpaired) electrons. The number of benzene rings is 1. The van der Waals surface area contributed by atoms with Gasteiger partial charge in [0.2, 0.25) is 0 Å². The van der Waals surface area contributed by atoms with Crippen molar-refractivity contribution in [2.24, 2.45) is 0 Å². The van der Waals surface area contributed by atoms with Crippen LogP contribution in [0, 0.1) is 0 Å². The van der Waals surface area contributed by atoms with Gasteiger partial charge in [0.15, 0.2) is 0 Å². The van der Waals surface area contributed by atoms with Crippen molar-refractivity contribution in [2.45, 2.75) is 54.7 Å². The van der Waals surface area contributed by atoms with E-state index in [1.54, 1.807) is 30.3 Å². The van der Waals surface area contributed by atoms with Gasteiger partial charge in [0, 0.05) is 45.0 Å². The summed E-state index contributed by atoms with van der Waals surface area (Å²) in [5.74, 6) is 0. The highest BCUT2D eigenvalue weighted by molar-refractivity contribution is 7.91. The molecule has 4 heterocycles. The molecule has 2 bridgehead atoms. The number of aliphatic hydroxyl groups is 1. The lowest BCUT2D eigenvalue weighted by Crippen LogP contribution is -2.59. The molecular formula is C24H33N3O4S2. The van der Waals surface area contributed by atoms with Gasteiger partial charge in [0.25, 0.3) is 10.0 Å². The Morgan fingerprint density at radius 3 is 2.36 bits per heavy atom. The first-order chi connectivity index (χ1) is 15.7. The molecular weight excluding hydrogens is 458 g/mol. The van der Waals surface area contributed by atoms with E-state index in [0.717, 1.165) is 43.7 Å². The molecule has 3 atom stereocenters. The van der Waals surface area contributed by atoms with Crippen LogP contribution < -0.4 is 4.90 Å². The Labute approximate surface area is 200 Å². The van der Waals surface area contributed by atoms with E-state index in [1.807, 2.05) is 29.6 Å². The number of fused-ring (bicyclic) bond motifs is 2. The summed E-state index contributed by atoms with van der Waals surface area (Å²) in [6.07, 6.45) is 2.84. The second kappa shape index (κ2) is 8.94. The standard InChI is InChI=1S/C24H33N3O4S2/c1-24(2,28)18-5-7-19(8-6-18)27-12-11-26(33(29,30)23-4-3-13-32-23)15-20(27)14-25-16-21-9-10-22(17-25)31-21/h3-8,13,20-22,28H,9-12,14-17H2,1-2H3. The van der Waals surface area contributed by atoms with Crippen LogP contribution in [0.15, 0.2) is 46.0 Å². The maximum Gasteiger partial charge on any atom is 0.252 e. The van der Waals surface area contributed by atoms with Gasteiger partial charge in [-0.3, -0.25) is 4.90 Å². The van der Waals surface area contributed by atoms with Crippen LogP contribution in [0.2, 0.25) is 0 Å². The molecule has 33 heavy (non-hydrogen) atoms. The summed E-state index contributed by atoms with van der Waals surface area (Å²) in [6.45, 7) is 7.75. The lowest BCUT2D eigenvalue weighted by Gasteiger charge is -2.45. The summed E-state index contributed by atoms with van der Waals surface area (Å²) in [5, 5.41) is 12.1. The molecule has 9 heteroatoms. The summed E-state index contributed by atoms with van der Waals surface area (Å²) in [5.41, 5.74) is 1.04. The maximum atomic E-state index is 13.3. The number of ether oxygens (including phenoxy) is 1. The molecule has 3 saturated heterocycles. The minimum atomic E-state index is -3.48. The van der Waals surface area contributed by atoms with Gasteiger partial charge in [0.1, 0.15) is 4.21 Å². The van der Waals surface area contributed by atoms with Gasteiger partial charge in [-0.05, 0) is 55.8 Å². The van der Waals surface area contributed by atoms with Crippen LogP contribution >= 0.6 is 11.3 Å². The fourth-order valence-electron chi connectivity index (χ4n) is 5.29. The van der Waals surface area contributed by atoms with Gasteiger partial charge in [0.05, 0.1) is 23.9 Å². The first-order valence-electron chi connectivity index (χ1n) is 11.7. The Hall–Kier alpha value is -1.49. The van der Waals surface area contributed by atoms with E-state index in [9.17, 15) is 13.5 Å². The van der Waals surface area contributed by atoms with Gasteiger partial charge in [-0.25, -0.2) is 8.42 Å². The number of thiophene rings is 1. The van der Waals surface area contributed by atoms with Crippen molar-refractivity contribution in [2.75, 3.05) is 44.2 Å². The molecule has 3 fully saturated rings. The van der Waals surface area contributed by atoms with Gasteiger partial charge in [-0.15, -0.1) is 11.3 Å². The van der Waals surface area contributed by atoms with E-state index in [2.05, 4.69) is 9.80 Å². The molecule has 180 valence electrons. The normalized spacial score (nSPS) is 27.2. The summed E-state index contributed by atoms with van der Waals surface area (Å²) in [7, 11) is -3.48. The predicted molar refractivity (Wildman–Crippen MR) is 130 cm³/mol. The SMILES string of the molecule is CC(C)(O)c1ccc(N2CCN(S(=O)(=O)c3cccs3)CC2CN2CC3CCC(C2)O3)cc1. The molecule has 3 aliphatic heterocycles. The summed E-state index contributed by atoms with van der Waals surface area (Å²) >= 11 is 1.28. The van der Waals surface area contributed by atoms with Crippen LogP contribution in [0.5, 0.6) is 0 Å². The van der Waals surface area contributed by atoms with Crippen molar-refractivity contribution in [3.05, 3.63) is 47.3 Å². The molecule has 2 aromatic rings. The third kappa shape index (κ3) is 4.85. The minimum absolute atomic E-state index is 0.0407. The van der Waals surface area contributed by atoms with Crippen LogP contribution in [0.1, 0.15) is 32.3 Å². The van der Waals surface area contributed by atoms with Crippen molar-refractivity contribution in [1.82, 2.24) is 9.21 Å². The van der Waals surface area contributed by atoms with Crippen LogP contribution in [0.3, 0.4) is 0 Å². The molecule has 1 aromatic carbocycles. The molecule has 7 nitrogen and oxygen atoms in total. The molecule has 1 aromatic heterocycles. The molecule has 0 saturated carbocycles. The number of rotatable bonds is 6. The van der Waals surface area contributed by atoms with Crippen LogP contribution in [-0.4, -0.2) is 80.2 Å². The third-order valence-electron chi connectivity index (χ3n) is 7.03. The van der Waals surface area contributed by atoms with E-state index in [4.69, 9.17) is 4.74 Å². The number of anilines is 1. The maximum absolute atomic E-state index is 13.3. The first kappa shape index (κ1) is 23.3. The van der Waals surface area contributed by atoms with Crippen molar-refractivity contribution in [3.63, 3.8) is 0 Å². The Balaban J connectivity index is 1.39. The Morgan fingerprint density at radius 2 is 1.76 bits per heavy atom. The third-order valence-corrected chi connectivity index (χ3v) is 10.3. The zero-order chi connectivity index (χ0) is 23.2. The van der Waals surface area contributed by atoms with E-state index in [1.165, 1.54) is 11.3 Å². The fourth-order valence-corrected chi connectivity index (χ4v) is 7.90. The minimum Gasteiger partial charge on any atom is -0.386 e. The van der Waals surface area contributed by atoms with Gasteiger partial charge >= 0.3 is 0 Å². The predicted octanol–water partition coefficient (Wildman–Crippen LogP) is 2.72. The Morgan fingerprint density at radius 1 is 1.06 bits per heavy atom. The lowest BCUT2D eigenvalue weighted by molar-refractivity contribution is -0.0406. The first-order valence-corrected chi connectivity index (χ1v) is 14.0. The topological polar surface area (TPSA) is 73.3 Å². The average Bonchev–Trinajstić information content (AvgIpc) is 3.44. The number of nitrogens with zero attached hydrogens (tertiary/aromatic N) is 3. The number of likely N-dealkylation sites (tertiary alicyclic amines) is 1. The van der Waals surface area contributed by atoms with Gasteiger partial charge in [-0.2, -0.15) is 4.31 Å². The number of sulfonamides is 1. The van der Waals surface area contributed by atoms with Crippen LogP contribution in [-0.2, 0) is 20.4 Å². The summed E-state index contributed by atoms with van der Waals surface area (Å²) in [4.78, 5) is 4.79. The highest BCUT2D eigenvalue weighted by Crippen LogP contribution is 2.31. The highest BCUT2D eigenvalue weighted by Gasteiger charge is 2.39. The molecule has 0 spiro atoms. The van der Waals surface area contributed by atoms with Crippen LogP contribution in [0.4, 0.5) is 5.69 Å². The molecule has 3 unspecified atom stereocenters. The number of hydrogen-bond acceptors (Lipinski definition) is 7. The molecule has 3 aliphatic rings. The van der Waals surface area contributed by atoms with Crippen molar-refractivity contribution in [3.8, 4) is 0 Å². The zero-order valence-electron chi connectivity index (χ0n) is 19.3. The molecule has 0 aliphatic carbocycles. The molecule has 0 amide bonds. The number of piperazine rings is 1. The average molecular weight is 492 g/mol. The van der Waals surface area contributed by atoms with Crippen LogP contribution in [0.25, 0.3) is 0 Å². The largest absolute Gasteiger partial charge is 0.386 e. The summed E-state index contributed by atoms with van der Waals surface area (Å²) in [6, 6.07) is 11.6. The zero-order valence-corrected chi connectivity index (χ0v) is 20.9. The monoisotopic (exact) mass is 491 g/mol. The second-order valence-corrected chi connectivity index (χ2v) is 13.0. The number of hydrogen-bond donors (Lipinski definition) is 1. The van der Waals surface area contributed by atoms with E-state index < -0.39 is 15.6 Å². The fraction of sp³-hybridized carbons (Fsp3) is 0.583. The number of morpholine rings is 1. The van der Waals surface area contributed by atoms with Gasteiger partial charge in [-0.1, -0.05) is 18.2 Å².